The summed E-state index contributed by atoms with van der Waals surface area (Å²) in [4.78, 5) is 0. The molecule has 0 heterocycles. The lowest BCUT2D eigenvalue weighted by Gasteiger charge is -2.24. The minimum absolute atomic E-state index is 0.0502. The molecule has 0 aromatic rings. The maximum atomic E-state index is 9.00. The Morgan fingerprint density at radius 2 is 2.00 bits per heavy atom. The van der Waals surface area contributed by atoms with E-state index in [0.717, 1.165) is 6.42 Å². The average molecular weight is 189 g/mol. The van der Waals surface area contributed by atoms with Crippen molar-refractivity contribution in [3.8, 4) is 6.07 Å². The fourth-order valence-electron chi connectivity index (χ4n) is 0.932. The van der Waals surface area contributed by atoms with Crippen molar-refractivity contribution in [3.63, 3.8) is 0 Å². The van der Waals surface area contributed by atoms with Gasteiger partial charge in [0.15, 0.2) is 0 Å². The lowest BCUT2D eigenvalue weighted by Crippen LogP contribution is -2.44. The summed E-state index contributed by atoms with van der Waals surface area (Å²) in [6.07, 6.45) is 1.16. The van der Waals surface area contributed by atoms with Crippen molar-refractivity contribution < 1.29 is 14.0 Å². The van der Waals surface area contributed by atoms with Crippen LogP contribution in [0.15, 0.2) is 0 Å². The lowest BCUT2D eigenvalue weighted by atomic mass is 10.4. The molecule has 0 amide bonds. The fraction of sp³-hybridized carbons (Fsp3) is 0.857. The number of nitriles is 1. The van der Waals surface area contributed by atoms with Gasteiger partial charge in [0.2, 0.25) is 0 Å². The van der Waals surface area contributed by atoms with Gasteiger partial charge in [-0.25, -0.2) is 0 Å². The molecule has 0 aromatic heterocycles. The van der Waals surface area contributed by atoms with Crippen molar-refractivity contribution in [2.45, 2.75) is 18.9 Å². The van der Waals surface area contributed by atoms with E-state index in [1.54, 1.807) is 0 Å². The lowest BCUT2D eigenvalue weighted by molar-refractivity contribution is 0.196. The van der Waals surface area contributed by atoms with Gasteiger partial charge in [-0.2, -0.15) is 5.26 Å². The van der Waals surface area contributed by atoms with Crippen LogP contribution in [0.5, 0.6) is 0 Å². The summed E-state index contributed by atoms with van der Waals surface area (Å²) in [5.41, 5.74) is 0. The second kappa shape index (κ2) is 6.14. The largest absolute Gasteiger partial charge is 0.396 e. The molecule has 5 heteroatoms. The molecule has 0 spiro atoms. The number of nitrogens with zero attached hydrogens (tertiary/aromatic N) is 1. The van der Waals surface area contributed by atoms with Crippen LogP contribution in [-0.2, 0) is 8.85 Å². The zero-order valence-corrected chi connectivity index (χ0v) is 8.54. The van der Waals surface area contributed by atoms with Crippen molar-refractivity contribution in [1.82, 2.24) is 0 Å². The smallest absolute Gasteiger partial charge is 0.364 e. The monoisotopic (exact) mass is 189 g/mol. The summed E-state index contributed by atoms with van der Waals surface area (Å²) in [7, 11) is 0.730. The van der Waals surface area contributed by atoms with Crippen molar-refractivity contribution >= 4 is 8.56 Å². The molecule has 0 aromatic carbocycles. The van der Waals surface area contributed by atoms with E-state index in [0.29, 0.717) is 12.5 Å². The topological polar surface area (TPSA) is 62.5 Å². The minimum Gasteiger partial charge on any atom is -0.396 e. The Morgan fingerprint density at radius 3 is 2.33 bits per heavy atom. The van der Waals surface area contributed by atoms with Crippen LogP contribution in [0.4, 0.5) is 0 Å². The molecule has 0 atom stereocenters. The highest BCUT2D eigenvalue weighted by Crippen LogP contribution is 2.14. The van der Waals surface area contributed by atoms with Crippen molar-refractivity contribution in [1.29, 1.82) is 5.26 Å². The number of unbranched alkanes of at least 4 members (excludes halogenated alkanes) is 1. The van der Waals surface area contributed by atoms with Gasteiger partial charge in [-0.15, -0.1) is 0 Å². The van der Waals surface area contributed by atoms with E-state index in [9.17, 15) is 0 Å². The SMILES string of the molecule is CO[Si](CO)(CCCC#N)OC. The predicted molar refractivity (Wildman–Crippen MR) is 46.5 cm³/mol. The Labute approximate surface area is 74.0 Å². The molecule has 0 fully saturated rings. The van der Waals surface area contributed by atoms with Crippen LogP contribution in [0.2, 0.25) is 6.04 Å². The molecule has 0 saturated heterocycles. The van der Waals surface area contributed by atoms with E-state index < -0.39 is 8.56 Å². The second-order valence-electron chi connectivity index (χ2n) is 2.49. The highest BCUT2D eigenvalue weighted by molar-refractivity contribution is 6.67. The van der Waals surface area contributed by atoms with Crippen LogP contribution < -0.4 is 0 Å². The summed E-state index contributed by atoms with van der Waals surface area (Å²) < 4.78 is 10.3. The van der Waals surface area contributed by atoms with Gasteiger partial charge in [0.1, 0.15) is 0 Å². The van der Waals surface area contributed by atoms with Crippen LogP contribution in [-0.4, -0.2) is 34.1 Å². The quantitative estimate of drug-likeness (QED) is 0.490. The number of rotatable bonds is 6. The standard InChI is InChI=1S/C7H15NO3Si/c1-10-12(7-9,11-2)6-4-3-5-8/h9H,3-4,6-7H2,1-2H3. The van der Waals surface area contributed by atoms with Crippen LogP contribution in [0.1, 0.15) is 12.8 Å². The van der Waals surface area contributed by atoms with Crippen LogP contribution in [0, 0.1) is 11.3 Å². The summed E-state index contributed by atoms with van der Waals surface area (Å²) in [5.74, 6) is 0. The van der Waals surface area contributed by atoms with Crippen LogP contribution in [0.3, 0.4) is 0 Å². The summed E-state index contributed by atoms with van der Waals surface area (Å²) >= 11 is 0. The van der Waals surface area contributed by atoms with Crippen molar-refractivity contribution in [3.05, 3.63) is 0 Å². The first kappa shape index (κ1) is 11.6. The number of aliphatic hydroxyl groups excluding tert-OH is 1. The van der Waals surface area contributed by atoms with Crippen molar-refractivity contribution in [2.24, 2.45) is 0 Å². The number of aliphatic hydroxyl groups is 1. The second-order valence-corrected chi connectivity index (χ2v) is 5.94. The van der Waals surface area contributed by atoms with Crippen LogP contribution in [0.25, 0.3) is 0 Å². The zero-order chi connectivity index (χ0) is 9.45. The average Bonchev–Trinajstić information content (AvgIpc) is 2.14. The molecule has 0 unspecified atom stereocenters. The van der Waals surface area contributed by atoms with Gasteiger partial charge < -0.3 is 14.0 Å². The molecule has 0 aliphatic heterocycles. The molecule has 0 radical (unpaired) electrons. The Kier molecular flexibility index (Phi) is 5.93. The molecule has 0 bridgehead atoms. The highest BCUT2D eigenvalue weighted by Gasteiger charge is 2.33. The molecule has 70 valence electrons. The Morgan fingerprint density at radius 1 is 1.42 bits per heavy atom. The third kappa shape index (κ3) is 3.32. The van der Waals surface area contributed by atoms with Crippen molar-refractivity contribution in [2.75, 3.05) is 20.4 Å². The first-order chi connectivity index (χ1) is 5.74. The highest BCUT2D eigenvalue weighted by atomic mass is 28.4. The molecule has 12 heavy (non-hydrogen) atoms. The van der Waals surface area contributed by atoms with Gasteiger partial charge in [-0.1, -0.05) is 0 Å². The zero-order valence-electron chi connectivity index (χ0n) is 7.54. The van der Waals surface area contributed by atoms with Gasteiger partial charge in [0.25, 0.3) is 0 Å². The Hall–Kier alpha value is -0.413. The normalized spacial score (nSPS) is 11.2. The molecule has 0 saturated carbocycles. The van der Waals surface area contributed by atoms with Gasteiger partial charge in [-0.3, -0.25) is 0 Å². The van der Waals surface area contributed by atoms with Gasteiger partial charge in [0.05, 0.1) is 12.3 Å². The van der Waals surface area contributed by atoms with E-state index in [-0.39, 0.29) is 6.23 Å². The maximum absolute atomic E-state index is 9.00. The van der Waals surface area contributed by atoms with Gasteiger partial charge in [0, 0.05) is 20.6 Å². The third-order valence-electron chi connectivity index (χ3n) is 1.83. The Balaban J connectivity index is 3.86. The molecule has 0 aliphatic carbocycles. The van der Waals surface area contributed by atoms with E-state index >= 15 is 0 Å². The van der Waals surface area contributed by atoms with E-state index in [4.69, 9.17) is 19.2 Å². The maximum Gasteiger partial charge on any atom is 0.364 e. The molecule has 0 aliphatic rings. The minimum atomic E-state index is -2.35. The van der Waals surface area contributed by atoms with Crippen LogP contribution >= 0.6 is 0 Å². The first-order valence-corrected chi connectivity index (χ1v) is 6.06. The first-order valence-electron chi connectivity index (χ1n) is 3.83. The summed E-state index contributed by atoms with van der Waals surface area (Å²) in [5, 5.41) is 17.3. The molecule has 0 rings (SSSR count). The molecular formula is C7H15NO3Si. The molecule has 1 N–H and O–H groups in total. The number of hydrogen-bond acceptors (Lipinski definition) is 4. The summed E-state index contributed by atoms with van der Waals surface area (Å²) in [6, 6.07) is 2.71. The van der Waals surface area contributed by atoms with Gasteiger partial charge in [-0.05, 0) is 12.5 Å². The predicted octanol–water partition coefficient (Wildman–Crippen LogP) is 0.557. The van der Waals surface area contributed by atoms with E-state index in [2.05, 4.69) is 0 Å². The molecule has 4 nitrogen and oxygen atoms in total. The number of hydrogen-bond donors (Lipinski definition) is 1. The summed E-state index contributed by atoms with van der Waals surface area (Å²) in [6.45, 7) is 0. The molecular weight excluding hydrogens is 174 g/mol. The third-order valence-corrected chi connectivity index (χ3v) is 4.92. The van der Waals surface area contributed by atoms with E-state index in [1.165, 1.54) is 14.2 Å². The van der Waals surface area contributed by atoms with Gasteiger partial charge >= 0.3 is 8.56 Å². The van der Waals surface area contributed by atoms with E-state index in [1.807, 2.05) is 6.07 Å². The Bertz CT molecular complexity index is 145. The fourth-order valence-corrected chi connectivity index (χ4v) is 2.64.